The van der Waals surface area contributed by atoms with Crippen LogP contribution in [0.5, 0.6) is 5.75 Å². The van der Waals surface area contributed by atoms with Crippen LogP contribution in [0, 0.1) is 0 Å². The fraction of sp³-hybridized carbons (Fsp3) is 0.455. The first-order chi connectivity index (χ1) is 13.4. The molecule has 0 unspecified atom stereocenters. The van der Waals surface area contributed by atoms with Crippen LogP contribution in [0.4, 0.5) is 5.00 Å². The predicted octanol–water partition coefficient (Wildman–Crippen LogP) is 4.94. The monoisotopic (exact) mass is 401 g/mol. The van der Waals surface area contributed by atoms with Crippen molar-refractivity contribution in [3.63, 3.8) is 0 Å². The lowest BCUT2D eigenvalue weighted by Crippen LogP contribution is -2.30. The molecule has 0 saturated heterocycles. The second kappa shape index (κ2) is 8.78. The molecule has 1 amide bonds. The Kier molecular flexibility index (Phi) is 6.39. The molecule has 2 aromatic rings. The van der Waals surface area contributed by atoms with Gasteiger partial charge in [0.25, 0.3) is 5.91 Å². The summed E-state index contributed by atoms with van der Waals surface area (Å²) in [7, 11) is 1.37. The Morgan fingerprint density at radius 2 is 1.75 bits per heavy atom. The average molecular weight is 402 g/mol. The van der Waals surface area contributed by atoms with Crippen molar-refractivity contribution in [3.8, 4) is 5.75 Å². The van der Waals surface area contributed by atoms with Gasteiger partial charge >= 0.3 is 5.97 Å². The summed E-state index contributed by atoms with van der Waals surface area (Å²) < 4.78 is 10.7. The number of aryl methyl sites for hydroxylation is 1. The maximum Gasteiger partial charge on any atom is 0.341 e. The molecule has 1 N–H and O–H groups in total. The molecule has 150 valence electrons. The molecule has 0 bridgehead atoms. The first-order valence-electron chi connectivity index (χ1n) is 9.71. The summed E-state index contributed by atoms with van der Waals surface area (Å²) >= 11 is 1.47. The molecule has 5 nitrogen and oxygen atoms in total. The van der Waals surface area contributed by atoms with Crippen molar-refractivity contribution in [2.75, 3.05) is 12.4 Å². The zero-order valence-electron chi connectivity index (χ0n) is 16.8. The van der Waals surface area contributed by atoms with E-state index in [4.69, 9.17) is 9.47 Å². The molecule has 1 aromatic carbocycles. The van der Waals surface area contributed by atoms with Crippen LogP contribution in [0.2, 0.25) is 0 Å². The van der Waals surface area contributed by atoms with E-state index in [1.54, 1.807) is 6.92 Å². The summed E-state index contributed by atoms with van der Waals surface area (Å²) in [6.07, 6.45) is 3.25. The molecule has 6 heteroatoms. The lowest BCUT2D eigenvalue weighted by molar-refractivity contribution is -0.122. The maximum absolute atomic E-state index is 12.7. The van der Waals surface area contributed by atoms with Gasteiger partial charge in [0.05, 0.1) is 12.7 Å². The van der Waals surface area contributed by atoms with Crippen molar-refractivity contribution in [2.24, 2.45) is 0 Å². The third kappa shape index (κ3) is 4.38. The summed E-state index contributed by atoms with van der Waals surface area (Å²) in [6.45, 7) is 5.97. The normalized spacial score (nSPS) is 14.3. The molecule has 1 aliphatic carbocycles. The van der Waals surface area contributed by atoms with Crippen LogP contribution in [0.25, 0.3) is 0 Å². The Bertz CT molecular complexity index is 854. The van der Waals surface area contributed by atoms with Gasteiger partial charge in [-0.15, -0.1) is 11.3 Å². The third-order valence-corrected chi connectivity index (χ3v) is 6.23. The standard InChI is InChI=1S/C22H27NO4S/c1-13(2)15-9-11-16(12-10-15)27-14(3)20(24)23-21-19(22(25)26-4)17-7-5-6-8-18(17)28-21/h9-14H,5-8H2,1-4H3,(H,23,24)/t14-/m1/s1. The number of benzene rings is 1. The minimum atomic E-state index is -0.686. The minimum absolute atomic E-state index is 0.281. The fourth-order valence-corrected chi connectivity index (χ4v) is 4.65. The van der Waals surface area contributed by atoms with Crippen molar-refractivity contribution in [3.05, 3.63) is 45.8 Å². The molecule has 0 radical (unpaired) electrons. The summed E-state index contributed by atoms with van der Waals surface area (Å²) in [5.74, 6) is 0.409. The Labute approximate surface area is 170 Å². The highest BCUT2D eigenvalue weighted by Crippen LogP contribution is 2.38. The number of hydrogen-bond donors (Lipinski definition) is 1. The zero-order valence-corrected chi connectivity index (χ0v) is 17.7. The first-order valence-corrected chi connectivity index (χ1v) is 10.5. The van der Waals surface area contributed by atoms with Crippen molar-refractivity contribution in [2.45, 2.75) is 58.5 Å². The number of esters is 1. The van der Waals surface area contributed by atoms with E-state index in [9.17, 15) is 9.59 Å². The maximum atomic E-state index is 12.7. The molecule has 0 spiro atoms. The molecular weight excluding hydrogens is 374 g/mol. The number of amides is 1. The van der Waals surface area contributed by atoms with Gasteiger partial charge in [0.2, 0.25) is 0 Å². The quantitative estimate of drug-likeness (QED) is 0.696. The summed E-state index contributed by atoms with van der Waals surface area (Å²) in [6, 6.07) is 7.77. The van der Waals surface area contributed by atoms with E-state index in [2.05, 4.69) is 19.2 Å². The number of nitrogens with one attached hydrogen (secondary N) is 1. The Morgan fingerprint density at radius 3 is 2.39 bits per heavy atom. The van der Waals surface area contributed by atoms with E-state index in [-0.39, 0.29) is 5.91 Å². The van der Waals surface area contributed by atoms with Gasteiger partial charge in [-0.25, -0.2) is 4.79 Å². The predicted molar refractivity (Wildman–Crippen MR) is 112 cm³/mol. The second-order valence-electron chi connectivity index (χ2n) is 7.38. The minimum Gasteiger partial charge on any atom is -0.481 e. The number of ether oxygens (including phenoxy) is 2. The summed E-state index contributed by atoms with van der Waals surface area (Å²) in [5.41, 5.74) is 2.75. The number of carbonyl (C=O) groups is 2. The number of hydrogen-bond acceptors (Lipinski definition) is 5. The molecule has 1 heterocycles. The van der Waals surface area contributed by atoms with E-state index < -0.39 is 12.1 Å². The Balaban J connectivity index is 1.73. The van der Waals surface area contributed by atoms with E-state index >= 15 is 0 Å². The van der Waals surface area contributed by atoms with Crippen molar-refractivity contribution >= 4 is 28.2 Å². The number of methoxy groups -OCH3 is 1. The smallest absolute Gasteiger partial charge is 0.341 e. The van der Waals surface area contributed by atoms with Gasteiger partial charge in [0.1, 0.15) is 10.8 Å². The number of rotatable bonds is 6. The van der Waals surface area contributed by atoms with Crippen LogP contribution < -0.4 is 10.1 Å². The average Bonchev–Trinajstić information content (AvgIpc) is 3.05. The van der Waals surface area contributed by atoms with Gasteiger partial charge < -0.3 is 14.8 Å². The zero-order chi connectivity index (χ0) is 20.3. The van der Waals surface area contributed by atoms with Gasteiger partial charge in [0.15, 0.2) is 6.10 Å². The fourth-order valence-electron chi connectivity index (χ4n) is 3.37. The first kappa shape index (κ1) is 20.4. The molecule has 28 heavy (non-hydrogen) atoms. The molecule has 3 rings (SSSR count). The Hall–Kier alpha value is -2.34. The van der Waals surface area contributed by atoms with E-state index in [0.717, 1.165) is 31.2 Å². The van der Waals surface area contributed by atoms with Crippen LogP contribution >= 0.6 is 11.3 Å². The Morgan fingerprint density at radius 1 is 1.07 bits per heavy atom. The molecule has 1 aromatic heterocycles. The summed E-state index contributed by atoms with van der Waals surface area (Å²) in [4.78, 5) is 26.2. The van der Waals surface area contributed by atoms with Crippen LogP contribution in [-0.2, 0) is 22.4 Å². The SMILES string of the molecule is COC(=O)c1c(NC(=O)[C@@H](C)Oc2ccc(C(C)C)cc2)sc2c1CCCC2. The highest BCUT2D eigenvalue weighted by atomic mass is 32.1. The van der Waals surface area contributed by atoms with Gasteiger partial charge in [-0.05, 0) is 61.8 Å². The largest absolute Gasteiger partial charge is 0.481 e. The van der Waals surface area contributed by atoms with Crippen molar-refractivity contribution in [1.82, 2.24) is 0 Å². The van der Waals surface area contributed by atoms with Crippen LogP contribution in [0.15, 0.2) is 24.3 Å². The van der Waals surface area contributed by atoms with Crippen LogP contribution in [0.1, 0.15) is 65.9 Å². The van der Waals surface area contributed by atoms with Gasteiger partial charge in [-0.2, -0.15) is 0 Å². The third-order valence-electron chi connectivity index (χ3n) is 5.03. The number of carbonyl (C=O) groups excluding carboxylic acids is 2. The van der Waals surface area contributed by atoms with Gasteiger partial charge in [0, 0.05) is 4.88 Å². The molecule has 0 fully saturated rings. The molecular formula is C22H27NO4S. The molecule has 0 aliphatic heterocycles. The molecule has 1 atom stereocenters. The van der Waals surface area contributed by atoms with Crippen molar-refractivity contribution < 1.29 is 19.1 Å². The van der Waals surface area contributed by atoms with E-state index in [0.29, 0.717) is 22.2 Å². The molecule has 0 saturated carbocycles. The lowest BCUT2D eigenvalue weighted by atomic mass is 9.95. The highest BCUT2D eigenvalue weighted by Gasteiger charge is 2.28. The van der Waals surface area contributed by atoms with E-state index in [1.807, 2.05) is 24.3 Å². The van der Waals surface area contributed by atoms with Crippen LogP contribution in [-0.4, -0.2) is 25.1 Å². The molecule has 1 aliphatic rings. The second-order valence-corrected chi connectivity index (χ2v) is 8.48. The van der Waals surface area contributed by atoms with Gasteiger partial charge in [-0.3, -0.25) is 4.79 Å². The highest BCUT2D eigenvalue weighted by molar-refractivity contribution is 7.17. The lowest BCUT2D eigenvalue weighted by Gasteiger charge is -2.15. The van der Waals surface area contributed by atoms with E-state index in [1.165, 1.54) is 28.9 Å². The number of fused-ring (bicyclic) bond motifs is 1. The number of thiophene rings is 1. The van der Waals surface area contributed by atoms with Crippen LogP contribution in [0.3, 0.4) is 0 Å². The number of anilines is 1. The van der Waals surface area contributed by atoms with Gasteiger partial charge in [-0.1, -0.05) is 26.0 Å². The summed E-state index contributed by atoms with van der Waals surface area (Å²) in [5, 5.41) is 3.45. The topological polar surface area (TPSA) is 64.6 Å². The van der Waals surface area contributed by atoms with Crippen molar-refractivity contribution in [1.29, 1.82) is 0 Å².